The molecule has 0 aromatic carbocycles. The van der Waals surface area contributed by atoms with Gasteiger partial charge in [-0.25, -0.2) is 0 Å². The smallest absolute Gasteiger partial charge is 0.307 e. The number of hydrogen-bond acceptors (Lipinski definition) is 3. The first-order valence-electron chi connectivity index (χ1n) is 7.18. The number of hydrogen-bond donors (Lipinski definition) is 2. The van der Waals surface area contributed by atoms with Crippen LogP contribution in [0.1, 0.15) is 33.1 Å². The summed E-state index contributed by atoms with van der Waals surface area (Å²) in [7, 11) is 0. The van der Waals surface area contributed by atoms with Gasteiger partial charge < -0.3 is 10.4 Å². The molecule has 1 saturated heterocycles. The molecule has 0 radical (unpaired) electrons. The van der Waals surface area contributed by atoms with E-state index in [9.17, 15) is 9.59 Å². The molecule has 0 aromatic heterocycles. The molecule has 3 atom stereocenters. The molecule has 19 heavy (non-hydrogen) atoms. The minimum Gasteiger partial charge on any atom is -0.481 e. The number of carbonyl (C=O) groups excluding carboxylic acids is 1. The summed E-state index contributed by atoms with van der Waals surface area (Å²) in [6.07, 6.45) is 3.57. The number of nitrogens with one attached hydrogen (secondary N) is 1. The van der Waals surface area contributed by atoms with Crippen molar-refractivity contribution in [3.63, 3.8) is 0 Å². The highest BCUT2D eigenvalue weighted by Gasteiger charge is 2.66. The molecular formula is C14H22N2O3. The monoisotopic (exact) mass is 266 g/mol. The van der Waals surface area contributed by atoms with Gasteiger partial charge in [0.1, 0.15) is 0 Å². The molecule has 1 amide bonds. The van der Waals surface area contributed by atoms with Gasteiger partial charge in [0.05, 0.1) is 11.8 Å². The Morgan fingerprint density at radius 3 is 2.42 bits per heavy atom. The zero-order valence-electron chi connectivity index (χ0n) is 11.6. The average molecular weight is 266 g/mol. The van der Waals surface area contributed by atoms with E-state index >= 15 is 0 Å². The highest BCUT2D eigenvalue weighted by Crippen LogP contribution is 2.58. The number of nitrogens with zero attached hydrogens (tertiary/aromatic N) is 1. The molecule has 1 unspecified atom stereocenters. The van der Waals surface area contributed by atoms with Gasteiger partial charge in [-0.2, -0.15) is 0 Å². The van der Waals surface area contributed by atoms with Crippen LogP contribution in [0.4, 0.5) is 0 Å². The fourth-order valence-electron chi connectivity index (χ4n) is 3.56. The molecule has 0 aromatic rings. The second kappa shape index (κ2) is 4.20. The highest BCUT2D eigenvalue weighted by atomic mass is 16.4. The summed E-state index contributed by atoms with van der Waals surface area (Å²) in [5.74, 6) is -1.80. The first kappa shape index (κ1) is 12.9. The SMILES string of the molecule is CC1(C)[C@H](C(=O)O)[C@@H]1C(=O)NC1CCN(C2CC2)C1. The number of carboxylic acid groups (broad SMARTS) is 1. The van der Waals surface area contributed by atoms with Crippen molar-refractivity contribution in [1.82, 2.24) is 10.2 Å². The number of rotatable bonds is 4. The third-order valence-corrected chi connectivity index (χ3v) is 5.01. The van der Waals surface area contributed by atoms with Crippen molar-refractivity contribution in [2.24, 2.45) is 17.3 Å². The van der Waals surface area contributed by atoms with Crippen LogP contribution >= 0.6 is 0 Å². The van der Waals surface area contributed by atoms with Gasteiger partial charge in [-0.15, -0.1) is 0 Å². The van der Waals surface area contributed by atoms with E-state index < -0.39 is 17.3 Å². The summed E-state index contributed by atoms with van der Waals surface area (Å²) in [6, 6.07) is 0.949. The molecule has 3 rings (SSSR count). The predicted octanol–water partition coefficient (Wildman–Crippen LogP) is 0.696. The molecule has 3 aliphatic rings. The van der Waals surface area contributed by atoms with E-state index in [1.165, 1.54) is 12.8 Å². The summed E-state index contributed by atoms with van der Waals surface area (Å²) in [6.45, 7) is 5.72. The molecule has 0 bridgehead atoms. The van der Waals surface area contributed by atoms with Crippen molar-refractivity contribution in [1.29, 1.82) is 0 Å². The van der Waals surface area contributed by atoms with Crippen LogP contribution in [-0.4, -0.2) is 47.1 Å². The lowest BCUT2D eigenvalue weighted by Gasteiger charge is -2.16. The van der Waals surface area contributed by atoms with Crippen LogP contribution < -0.4 is 5.32 Å². The number of carboxylic acids is 1. The van der Waals surface area contributed by atoms with Gasteiger partial charge in [-0.1, -0.05) is 13.8 Å². The Labute approximate surface area is 113 Å². The summed E-state index contributed by atoms with van der Waals surface area (Å²) in [5.41, 5.74) is -0.398. The maximum Gasteiger partial charge on any atom is 0.307 e. The van der Waals surface area contributed by atoms with Gasteiger partial charge in [-0.3, -0.25) is 14.5 Å². The Balaban J connectivity index is 1.53. The van der Waals surface area contributed by atoms with E-state index in [-0.39, 0.29) is 17.9 Å². The van der Waals surface area contributed by atoms with Crippen LogP contribution in [-0.2, 0) is 9.59 Å². The largest absolute Gasteiger partial charge is 0.481 e. The van der Waals surface area contributed by atoms with E-state index in [4.69, 9.17) is 5.11 Å². The maximum atomic E-state index is 12.2. The van der Waals surface area contributed by atoms with Crippen molar-refractivity contribution < 1.29 is 14.7 Å². The van der Waals surface area contributed by atoms with E-state index in [0.717, 1.165) is 25.6 Å². The predicted molar refractivity (Wildman–Crippen MR) is 69.5 cm³/mol. The van der Waals surface area contributed by atoms with E-state index in [0.29, 0.717) is 0 Å². The molecule has 3 fully saturated rings. The Morgan fingerprint density at radius 1 is 1.21 bits per heavy atom. The zero-order valence-corrected chi connectivity index (χ0v) is 11.6. The van der Waals surface area contributed by atoms with Gasteiger partial charge in [0.15, 0.2) is 0 Å². The zero-order chi connectivity index (χ0) is 13.8. The average Bonchev–Trinajstić information content (AvgIpc) is 3.18. The fourth-order valence-corrected chi connectivity index (χ4v) is 3.56. The Bertz CT molecular complexity index is 417. The Kier molecular flexibility index (Phi) is 2.85. The molecule has 2 N–H and O–H groups in total. The van der Waals surface area contributed by atoms with Crippen molar-refractivity contribution >= 4 is 11.9 Å². The number of carbonyl (C=O) groups is 2. The summed E-state index contributed by atoms with van der Waals surface area (Å²) >= 11 is 0. The summed E-state index contributed by atoms with van der Waals surface area (Å²) < 4.78 is 0. The lowest BCUT2D eigenvalue weighted by Crippen LogP contribution is -2.39. The lowest BCUT2D eigenvalue weighted by atomic mass is 10.1. The molecule has 1 aliphatic heterocycles. The fraction of sp³-hybridized carbons (Fsp3) is 0.857. The number of amides is 1. The van der Waals surface area contributed by atoms with Gasteiger partial charge in [0.2, 0.25) is 5.91 Å². The molecule has 106 valence electrons. The molecule has 1 heterocycles. The molecule has 0 spiro atoms. The van der Waals surface area contributed by atoms with Crippen molar-refractivity contribution in [2.75, 3.05) is 13.1 Å². The van der Waals surface area contributed by atoms with Gasteiger partial charge in [-0.05, 0) is 24.7 Å². The quantitative estimate of drug-likeness (QED) is 0.785. The normalized spacial score (nSPS) is 37.1. The molecule has 2 saturated carbocycles. The first-order chi connectivity index (χ1) is 8.91. The standard InChI is InChI=1S/C14H22N2O3/c1-14(2)10(11(14)13(18)19)12(17)15-8-5-6-16(7-8)9-3-4-9/h8-11H,3-7H2,1-2H3,(H,15,17)(H,18,19)/t8?,10-,11+/m1/s1. The Morgan fingerprint density at radius 2 is 1.89 bits per heavy atom. The molecule has 5 heteroatoms. The topological polar surface area (TPSA) is 69.6 Å². The molecule has 5 nitrogen and oxygen atoms in total. The third kappa shape index (κ3) is 2.24. The maximum absolute atomic E-state index is 12.2. The number of likely N-dealkylation sites (tertiary alicyclic amines) is 1. The van der Waals surface area contributed by atoms with Gasteiger partial charge >= 0.3 is 5.97 Å². The minimum absolute atomic E-state index is 0.0694. The lowest BCUT2D eigenvalue weighted by molar-refractivity contribution is -0.140. The highest BCUT2D eigenvalue weighted by molar-refractivity contribution is 5.91. The summed E-state index contributed by atoms with van der Waals surface area (Å²) in [5, 5.41) is 12.2. The van der Waals surface area contributed by atoms with Gasteiger partial charge in [0.25, 0.3) is 0 Å². The van der Waals surface area contributed by atoms with Crippen LogP contribution in [0, 0.1) is 17.3 Å². The molecular weight excluding hydrogens is 244 g/mol. The van der Waals surface area contributed by atoms with Crippen molar-refractivity contribution in [3.05, 3.63) is 0 Å². The first-order valence-corrected chi connectivity index (χ1v) is 7.18. The van der Waals surface area contributed by atoms with Crippen molar-refractivity contribution in [2.45, 2.75) is 45.2 Å². The Hall–Kier alpha value is -1.10. The second-order valence-electron chi connectivity index (χ2n) is 6.84. The van der Waals surface area contributed by atoms with Crippen LogP contribution in [0.5, 0.6) is 0 Å². The van der Waals surface area contributed by atoms with E-state index in [1.54, 1.807) is 0 Å². The second-order valence-corrected chi connectivity index (χ2v) is 6.84. The van der Waals surface area contributed by atoms with Crippen molar-refractivity contribution in [3.8, 4) is 0 Å². The van der Waals surface area contributed by atoms with Gasteiger partial charge in [0, 0.05) is 25.2 Å². The minimum atomic E-state index is -0.851. The third-order valence-electron chi connectivity index (χ3n) is 5.01. The summed E-state index contributed by atoms with van der Waals surface area (Å²) in [4.78, 5) is 25.7. The van der Waals surface area contributed by atoms with Crippen LogP contribution in [0.3, 0.4) is 0 Å². The van der Waals surface area contributed by atoms with E-state index in [1.807, 2.05) is 13.8 Å². The van der Waals surface area contributed by atoms with Crippen LogP contribution in [0.25, 0.3) is 0 Å². The van der Waals surface area contributed by atoms with E-state index in [2.05, 4.69) is 10.2 Å². The number of aliphatic carboxylic acids is 1. The molecule has 2 aliphatic carbocycles. The van der Waals surface area contributed by atoms with Crippen LogP contribution in [0.2, 0.25) is 0 Å². The van der Waals surface area contributed by atoms with Crippen LogP contribution in [0.15, 0.2) is 0 Å².